The molecule has 0 radical (unpaired) electrons. The lowest BCUT2D eigenvalue weighted by molar-refractivity contribution is 0.0550. The van der Waals surface area contributed by atoms with Crippen LogP contribution < -0.4 is 5.32 Å². The Morgan fingerprint density at radius 2 is 2.22 bits per heavy atom. The molecule has 0 spiro atoms. The summed E-state index contributed by atoms with van der Waals surface area (Å²) in [6.45, 7) is 7.51. The minimum absolute atomic E-state index is 0.0188. The summed E-state index contributed by atoms with van der Waals surface area (Å²) in [4.78, 5) is 14.6. The molecule has 23 heavy (non-hydrogen) atoms. The monoisotopic (exact) mass is 323 g/mol. The number of nitrogens with one attached hydrogen (secondary N) is 1. The molecule has 2 unspecified atom stereocenters. The van der Waals surface area contributed by atoms with Crippen molar-refractivity contribution in [3.63, 3.8) is 0 Å². The van der Waals surface area contributed by atoms with E-state index in [9.17, 15) is 4.79 Å². The summed E-state index contributed by atoms with van der Waals surface area (Å²) in [5.74, 6) is 0.759. The third-order valence-corrected chi connectivity index (χ3v) is 4.26. The summed E-state index contributed by atoms with van der Waals surface area (Å²) in [6, 6.07) is 0.0773. The minimum atomic E-state index is -0.163. The second-order valence-corrected chi connectivity index (χ2v) is 6.52. The van der Waals surface area contributed by atoms with Crippen molar-refractivity contribution >= 4 is 6.03 Å². The molecule has 1 aromatic heterocycles. The van der Waals surface area contributed by atoms with Gasteiger partial charge >= 0.3 is 6.03 Å². The molecule has 7 nitrogen and oxygen atoms in total. The zero-order valence-electron chi connectivity index (χ0n) is 14.7. The van der Waals surface area contributed by atoms with E-state index >= 15 is 0 Å². The Kier molecular flexibility index (Phi) is 6.38. The normalized spacial score (nSPS) is 19.9. The summed E-state index contributed by atoms with van der Waals surface area (Å²) < 4.78 is 7.48. The fraction of sp³-hybridized carbons (Fsp3) is 0.812. The lowest BCUT2D eigenvalue weighted by atomic mass is 10.00. The fourth-order valence-corrected chi connectivity index (χ4v) is 3.02. The molecule has 1 saturated heterocycles. The third-order valence-electron chi connectivity index (χ3n) is 4.26. The van der Waals surface area contributed by atoms with Crippen LogP contribution in [0.5, 0.6) is 0 Å². The molecule has 7 heteroatoms. The third kappa shape index (κ3) is 4.92. The quantitative estimate of drug-likeness (QED) is 0.871. The van der Waals surface area contributed by atoms with Crippen LogP contribution in [-0.2, 0) is 11.8 Å². The molecule has 2 heterocycles. The van der Waals surface area contributed by atoms with Crippen molar-refractivity contribution in [2.45, 2.75) is 64.6 Å². The van der Waals surface area contributed by atoms with Crippen LogP contribution in [0.2, 0.25) is 0 Å². The number of aromatic nitrogens is 3. The Balaban J connectivity index is 1.91. The summed E-state index contributed by atoms with van der Waals surface area (Å²) in [5, 5.41) is 11.0. The van der Waals surface area contributed by atoms with E-state index in [-0.39, 0.29) is 24.2 Å². The second kappa shape index (κ2) is 8.29. The van der Waals surface area contributed by atoms with Crippen LogP contribution in [0.4, 0.5) is 4.79 Å². The number of aryl methyl sites for hydroxylation is 1. The highest BCUT2D eigenvalue weighted by atomic mass is 16.5. The Hall–Kier alpha value is -1.63. The molecule has 0 aromatic carbocycles. The van der Waals surface area contributed by atoms with Crippen LogP contribution in [0.1, 0.15) is 58.3 Å². The van der Waals surface area contributed by atoms with Gasteiger partial charge in [-0.1, -0.05) is 0 Å². The van der Waals surface area contributed by atoms with Crippen molar-refractivity contribution in [1.82, 2.24) is 25.0 Å². The molecule has 1 N–H and O–H groups in total. The molecule has 0 aliphatic carbocycles. The summed E-state index contributed by atoms with van der Waals surface area (Å²) in [5.41, 5.74) is 0. The van der Waals surface area contributed by atoms with Crippen molar-refractivity contribution < 1.29 is 9.53 Å². The van der Waals surface area contributed by atoms with Gasteiger partial charge in [0.05, 0.1) is 12.1 Å². The number of carbonyl (C=O) groups is 1. The number of piperidine rings is 1. The number of likely N-dealkylation sites (tertiary alicyclic amines) is 1. The molecule has 1 aliphatic rings. The maximum atomic E-state index is 12.6. The van der Waals surface area contributed by atoms with E-state index in [0.29, 0.717) is 6.61 Å². The molecule has 1 fully saturated rings. The first kappa shape index (κ1) is 17.7. The molecular formula is C16H29N5O2. The largest absolute Gasteiger partial charge is 0.379 e. The standard InChI is InChI=1S/C16H29N5O2/c1-12(2)23-10-8-14-7-5-6-9-21(14)16(22)18-13(3)15-19-17-11-20(15)4/h11-14H,5-10H2,1-4H3,(H,18,22). The Labute approximate surface area is 138 Å². The first-order chi connectivity index (χ1) is 11.0. The van der Waals surface area contributed by atoms with Crippen molar-refractivity contribution in [3.8, 4) is 0 Å². The van der Waals surface area contributed by atoms with Crippen LogP contribution in [0.3, 0.4) is 0 Å². The number of amides is 2. The average molecular weight is 323 g/mol. The van der Waals surface area contributed by atoms with Crippen molar-refractivity contribution in [3.05, 3.63) is 12.2 Å². The number of urea groups is 1. The first-order valence-electron chi connectivity index (χ1n) is 8.51. The molecule has 130 valence electrons. The number of ether oxygens (including phenoxy) is 1. The maximum Gasteiger partial charge on any atom is 0.318 e. The molecule has 1 aromatic rings. The number of nitrogens with zero attached hydrogens (tertiary/aromatic N) is 4. The van der Waals surface area contributed by atoms with Gasteiger partial charge in [0.25, 0.3) is 0 Å². The summed E-state index contributed by atoms with van der Waals surface area (Å²) in [6.07, 6.45) is 6.06. The lowest BCUT2D eigenvalue weighted by Gasteiger charge is -2.36. The van der Waals surface area contributed by atoms with Gasteiger partial charge < -0.3 is 19.5 Å². The molecular weight excluding hydrogens is 294 g/mol. The fourth-order valence-electron chi connectivity index (χ4n) is 3.02. The average Bonchev–Trinajstić information content (AvgIpc) is 2.93. The minimum Gasteiger partial charge on any atom is -0.379 e. The van der Waals surface area contributed by atoms with Gasteiger partial charge in [-0.15, -0.1) is 10.2 Å². The van der Waals surface area contributed by atoms with Crippen LogP contribution in [0, 0.1) is 0 Å². The second-order valence-electron chi connectivity index (χ2n) is 6.52. The molecule has 0 bridgehead atoms. The number of hydrogen-bond acceptors (Lipinski definition) is 4. The first-order valence-corrected chi connectivity index (χ1v) is 8.51. The van der Waals surface area contributed by atoms with Crippen LogP contribution in [0.25, 0.3) is 0 Å². The smallest absolute Gasteiger partial charge is 0.318 e. The zero-order chi connectivity index (χ0) is 16.8. The molecule has 1 aliphatic heterocycles. The van der Waals surface area contributed by atoms with E-state index in [1.165, 1.54) is 6.42 Å². The van der Waals surface area contributed by atoms with Crippen LogP contribution in [0.15, 0.2) is 6.33 Å². The van der Waals surface area contributed by atoms with Gasteiger partial charge in [0.2, 0.25) is 0 Å². The predicted molar refractivity (Wildman–Crippen MR) is 88.0 cm³/mol. The Morgan fingerprint density at radius 1 is 1.43 bits per heavy atom. The van der Waals surface area contributed by atoms with Crippen LogP contribution >= 0.6 is 0 Å². The number of hydrogen-bond donors (Lipinski definition) is 1. The van der Waals surface area contributed by atoms with E-state index in [2.05, 4.69) is 15.5 Å². The van der Waals surface area contributed by atoms with E-state index in [1.807, 2.05) is 37.3 Å². The number of carbonyl (C=O) groups excluding carboxylic acids is 1. The topological polar surface area (TPSA) is 72.3 Å². The number of rotatable bonds is 6. The highest BCUT2D eigenvalue weighted by Gasteiger charge is 2.28. The highest BCUT2D eigenvalue weighted by molar-refractivity contribution is 5.75. The van der Waals surface area contributed by atoms with Gasteiger partial charge in [-0.05, 0) is 46.5 Å². The maximum absolute atomic E-state index is 12.6. The summed E-state index contributed by atoms with van der Waals surface area (Å²) >= 11 is 0. The Morgan fingerprint density at radius 3 is 2.87 bits per heavy atom. The van der Waals surface area contributed by atoms with Crippen molar-refractivity contribution in [1.29, 1.82) is 0 Å². The molecule has 2 amide bonds. The van der Waals surface area contributed by atoms with Gasteiger partial charge in [-0.2, -0.15) is 0 Å². The molecule has 0 saturated carbocycles. The summed E-state index contributed by atoms with van der Waals surface area (Å²) in [7, 11) is 1.88. The van der Waals surface area contributed by atoms with Gasteiger partial charge in [0.15, 0.2) is 5.82 Å². The van der Waals surface area contributed by atoms with Gasteiger partial charge in [0.1, 0.15) is 6.33 Å². The Bertz CT molecular complexity index is 502. The van der Waals surface area contributed by atoms with Crippen LogP contribution in [-0.4, -0.2) is 51.0 Å². The zero-order valence-corrected chi connectivity index (χ0v) is 14.7. The van der Waals surface area contributed by atoms with E-state index in [1.54, 1.807) is 6.33 Å². The van der Waals surface area contributed by atoms with Gasteiger partial charge in [-0.3, -0.25) is 0 Å². The van der Waals surface area contributed by atoms with Gasteiger partial charge in [0, 0.05) is 26.2 Å². The predicted octanol–water partition coefficient (Wildman–Crippen LogP) is 2.26. The lowest BCUT2D eigenvalue weighted by Crippen LogP contribution is -2.49. The van der Waals surface area contributed by atoms with E-state index in [4.69, 9.17) is 4.74 Å². The van der Waals surface area contributed by atoms with Gasteiger partial charge in [-0.25, -0.2) is 4.79 Å². The van der Waals surface area contributed by atoms with Crippen molar-refractivity contribution in [2.24, 2.45) is 7.05 Å². The van der Waals surface area contributed by atoms with Crippen molar-refractivity contribution in [2.75, 3.05) is 13.2 Å². The molecule has 2 atom stereocenters. The molecule has 2 rings (SSSR count). The highest BCUT2D eigenvalue weighted by Crippen LogP contribution is 2.21. The van der Waals surface area contributed by atoms with E-state index < -0.39 is 0 Å². The van der Waals surface area contributed by atoms with E-state index in [0.717, 1.165) is 31.6 Å². The SMILES string of the molecule is CC(C)OCCC1CCCCN1C(=O)NC(C)c1nncn1C.